The van der Waals surface area contributed by atoms with Gasteiger partial charge in [-0.1, -0.05) is 12.1 Å². The maximum Gasteiger partial charge on any atom is 0.407 e. The lowest BCUT2D eigenvalue weighted by atomic mass is 10.2. The average molecular weight is 416 g/mol. The van der Waals surface area contributed by atoms with E-state index in [0.29, 0.717) is 31.2 Å². The molecule has 1 aromatic rings. The molecule has 1 rings (SSSR count). The number of carbonyl (C=O) groups is 1. The van der Waals surface area contributed by atoms with E-state index in [4.69, 9.17) is 9.47 Å². The Morgan fingerprint density at radius 3 is 2.45 bits per heavy atom. The van der Waals surface area contributed by atoms with Gasteiger partial charge < -0.3 is 30.2 Å². The average Bonchev–Trinajstić information content (AvgIpc) is 2.61. The van der Waals surface area contributed by atoms with E-state index in [9.17, 15) is 13.6 Å². The normalized spacial score (nSPS) is 11.8. The van der Waals surface area contributed by atoms with Gasteiger partial charge in [0.15, 0.2) is 17.5 Å². The highest BCUT2D eigenvalue weighted by Crippen LogP contribution is 2.32. The number of carbonyl (C=O) groups excluding carboxylic acids is 1. The zero-order chi connectivity index (χ0) is 21.9. The zero-order valence-corrected chi connectivity index (χ0v) is 17.5. The highest BCUT2D eigenvalue weighted by molar-refractivity contribution is 5.79. The number of para-hydroxylation sites is 1. The third-order valence-corrected chi connectivity index (χ3v) is 3.32. The second-order valence-corrected chi connectivity index (χ2v) is 6.84. The minimum atomic E-state index is -2.97. The van der Waals surface area contributed by atoms with E-state index in [1.165, 1.54) is 0 Å². The number of alkyl halides is 2. The minimum absolute atomic E-state index is 0.0149. The molecule has 164 valence electrons. The Balaban J connectivity index is 2.58. The fourth-order valence-corrected chi connectivity index (χ4v) is 2.25. The summed E-state index contributed by atoms with van der Waals surface area (Å²) in [6.45, 7) is 5.34. The Hall–Kier alpha value is -2.78. The monoisotopic (exact) mass is 416 g/mol. The van der Waals surface area contributed by atoms with E-state index in [1.807, 2.05) is 0 Å². The second kappa shape index (κ2) is 11.9. The Morgan fingerprint density at radius 2 is 1.86 bits per heavy atom. The number of rotatable bonds is 9. The van der Waals surface area contributed by atoms with Gasteiger partial charge in [0.1, 0.15) is 5.60 Å². The largest absolute Gasteiger partial charge is 0.490 e. The quantitative estimate of drug-likeness (QED) is 0.326. The van der Waals surface area contributed by atoms with Crippen molar-refractivity contribution in [1.82, 2.24) is 16.0 Å². The molecule has 29 heavy (non-hydrogen) atoms. The van der Waals surface area contributed by atoms with Crippen LogP contribution in [-0.2, 0) is 11.3 Å². The van der Waals surface area contributed by atoms with Crippen LogP contribution in [0.15, 0.2) is 23.2 Å². The molecule has 0 atom stereocenters. The number of aliphatic imine (C=N–C) groups is 1. The van der Waals surface area contributed by atoms with Gasteiger partial charge in [-0.3, -0.25) is 4.99 Å². The van der Waals surface area contributed by atoms with Crippen LogP contribution in [0, 0.1) is 0 Å². The number of nitrogens with one attached hydrogen (secondary N) is 3. The van der Waals surface area contributed by atoms with Crippen molar-refractivity contribution in [2.24, 2.45) is 4.99 Å². The molecule has 0 saturated carbocycles. The van der Waals surface area contributed by atoms with E-state index in [1.54, 1.807) is 52.9 Å². The molecule has 0 saturated heterocycles. The van der Waals surface area contributed by atoms with Gasteiger partial charge in [-0.2, -0.15) is 8.78 Å². The summed E-state index contributed by atoms with van der Waals surface area (Å²) in [5, 5.41) is 8.63. The number of guanidine groups is 1. The third-order valence-electron chi connectivity index (χ3n) is 3.32. The fourth-order valence-electron chi connectivity index (χ4n) is 2.25. The third kappa shape index (κ3) is 9.82. The number of hydrogen-bond acceptors (Lipinski definition) is 5. The summed E-state index contributed by atoms with van der Waals surface area (Å²) >= 11 is 0. The van der Waals surface area contributed by atoms with Crippen LogP contribution in [0.2, 0.25) is 0 Å². The van der Waals surface area contributed by atoms with Crippen molar-refractivity contribution in [3.05, 3.63) is 23.8 Å². The van der Waals surface area contributed by atoms with Crippen LogP contribution in [0.5, 0.6) is 11.5 Å². The van der Waals surface area contributed by atoms with Crippen LogP contribution in [0.4, 0.5) is 13.6 Å². The van der Waals surface area contributed by atoms with Gasteiger partial charge in [0, 0.05) is 32.2 Å². The lowest BCUT2D eigenvalue weighted by molar-refractivity contribution is -0.0520. The molecule has 3 N–H and O–H groups in total. The summed E-state index contributed by atoms with van der Waals surface area (Å²) in [6, 6.07) is 4.92. The first-order valence-corrected chi connectivity index (χ1v) is 9.27. The summed E-state index contributed by atoms with van der Waals surface area (Å²) in [5.41, 5.74) is -0.0746. The highest BCUT2D eigenvalue weighted by atomic mass is 19.3. The van der Waals surface area contributed by atoms with Crippen molar-refractivity contribution in [3.8, 4) is 11.5 Å². The fraction of sp³-hybridized carbons (Fsp3) is 0.579. The lowest BCUT2D eigenvalue weighted by Crippen LogP contribution is -2.42. The van der Waals surface area contributed by atoms with Gasteiger partial charge in [0.2, 0.25) is 0 Å². The molecule has 1 aromatic carbocycles. The van der Waals surface area contributed by atoms with Gasteiger partial charge >= 0.3 is 12.7 Å². The van der Waals surface area contributed by atoms with Gasteiger partial charge in [0.05, 0.1) is 6.61 Å². The van der Waals surface area contributed by atoms with E-state index in [2.05, 4.69) is 25.7 Å². The van der Waals surface area contributed by atoms with Gasteiger partial charge in [0.25, 0.3) is 0 Å². The Morgan fingerprint density at radius 1 is 1.17 bits per heavy atom. The predicted molar refractivity (Wildman–Crippen MR) is 107 cm³/mol. The molecular weight excluding hydrogens is 386 g/mol. The maximum absolute atomic E-state index is 12.8. The molecule has 0 aromatic heterocycles. The second-order valence-electron chi connectivity index (χ2n) is 6.84. The van der Waals surface area contributed by atoms with Crippen LogP contribution in [0.1, 0.15) is 33.3 Å². The Labute approximate surface area is 170 Å². The number of amides is 1. The van der Waals surface area contributed by atoms with Crippen LogP contribution in [-0.4, -0.2) is 51.0 Å². The van der Waals surface area contributed by atoms with Crippen molar-refractivity contribution in [3.63, 3.8) is 0 Å². The molecule has 0 radical (unpaired) electrons. The lowest BCUT2D eigenvalue weighted by Gasteiger charge is -2.20. The SMILES string of the molecule is CCOc1cccc(CNC(=NC)NCCNC(=O)OC(C)(C)C)c1OC(F)F. The molecule has 0 aliphatic heterocycles. The Kier molecular flexibility index (Phi) is 9.98. The molecule has 0 bridgehead atoms. The summed E-state index contributed by atoms with van der Waals surface area (Å²) in [6.07, 6.45) is -0.510. The van der Waals surface area contributed by atoms with Gasteiger partial charge in [-0.15, -0.1) is 0 Å². The van der Waals surface area contributed by atoms with Gasteiger partial charge in [-0.25, -0.2) is 4.79 Å². The molecule has 0 unspecified atom stereocenters. The topological polar surface area (TPSA) is 93.2 Å². The molecule has 0 fully saturated rings. The zero-order valence-electron chi connectivity index (χ0n) is 17.5. The van der Waals surface area contributed by atoms with Crippen LogP contribution >= 0.6 is 0 Å². The van der Waals surface area contributed by atoms with Crippen LogP contribution < -0.4 is 25.4 Å². The summed E-state index contributed by atoms with van der Waals surface area (Å²) in [7, 11) is 1.57. The number of ether oxygens (including phenoxy) is 3. The number of alkyl carbamates (subject to hydrolysis) is 1. The predicted octanol–water partition coefficient (Wildman–Crippen LogP) is 2.88. The summed E-state index contributed by atoms with van der Waals surface area (Å²) in [4.78, 5) is 15.7. The van der Waals surface area contributed by atoms with Crippen molar-refractivity contribution in [2.45, 2.75) is 46.5 Å². The first-order valence-electron chi connectivity index (χ1n) is 9.27. The first-order chi connectivity index (χ1) is 13.7. The Bertz CT molecular complexity index is 679. The minimum Gasteiger partial charge on any atom is -0.490 e. The van der Waals surface area contributed by atoms with Gasteiger partial charge in [-0.05, 0) is 33.8 Å². The first kappa shape index (κ1) is 24.3. The van der Waals surface area contributed by atoms with Crippen LogP contribution in [0.25, 0.3) is 0 Å². The molecule has 0 aliphatic rings. The highest BCUT2D eigenvalue weighted by Gasteiger charge is 2.17. The maximum atomic E-state index is 12.8. The van der Waals surface area contributed by atoms with E-state index < -0.39 is 18.3 Å². The molecule has 8 nitrogen and oxygen atoms in total. The molecule has 0 spiro atoms. The number of hydrogen-bond donors (Lipinski definition) is 3. The molecule has 0 aliphatic carbocycles. The number of nitrogens with zero attached hydrogens (tertiary/aromatic N) is 1. The van der Waals surface area contributed by atoms with E-state index in [0.717, 1.165) is 0 Å². The smallest absolute Gasteiger partial charge is 0.407 e. The standard InChI is InChI=1S/C19H30F2N4O4/c1-6-27-14-9-7-8-13(15(14)28-16(20)21)12-25-17(22-5)23-10-11-24-18(26)29-19(2,3)4/h7-9,16H,6,10-12H2,1-5H3,(H,24,26)(H2,22,23,25). The number of halogens is 2. The van der Waals surface area contributed by atoms with Crippen molar-refractivity contribution in [2.75, 3.05) is 26.7 Å². The van der Waals surface area contributed by atoms with E-state index in [-0.39, 0.29) is 18.0 Å². The summed E-state index contributed by atoms with van der Waals surface area (Å²) in [5.74, 6) is 0.663. The van der Waals surface area contributed by atoms with Crippen molar-refractivity contribution < 1.29 is 27.8 Å². The molecule has 10 heteroatoms. The van der Waals surface area contributed by atoms with E-state index >= 15 is 0 Å². The molecule has 1 amide bonds. The molecule has 0 heterocycles. The van der Waals surface area contributed by atoms with Crippen molar-refractivity contribution >= 4 is 12.1 Å². The summed E-state index contributed by atoms with van der Waals surface area (Å²) < 4.78 is 40.7. The molecular formula is C19H30F2N4O4. The van der Waals surface area contributed by atoms with Crippen molar-refractivity contribution in [1.29, 1.82) is 0 Å². The number of benzene rings is 1. The van der Waals surface area contributed by atoms with Crippen LogP contribution in [0.3, 0.4) is 0 Å².